The topological polar surface area (TPSA) is 26.0 Å². The maximum absolute atomic E-state index is 13.0. The van der Waals surface area contributed by atoms with E-state index in [1.54, 1.807) is 6.07 Å². The maximum atomic E-state index is 13.0. The smallest absolute Gasteiger partial charge is 0.257 e. The van der Waals surface area contributed by atoms with Crippen molar-refractivity contribution in [2.75, 3.05) is 0 Å². The van der Waals surface area contributed by atoms with Crippen molar-refractivity contribution in [1.82, 2.24) is 4.98 Å². The number of oxazole rings is 1. The summed E-state index contributed by atoms with van der Waals surface area (Å²) in [6.07, 6.45) is 0. The molecule has 0 radical (unpaired) electrons. The van der Waals surface area contributed by atoms with E-state index >= 15 is 0 Å². The molecule has 3 rings (SSSR count). The average molecular weight is 338 g/mol. The number of hydrogen-bond donors (Lipinski definition) is 0. The van der Waals surface area contributed by atoms with E-state index in [9.17, 15) is 4.39 Å². The normalized spacial score (nSPS) is 11.1. The van der Waals surface area contributed by atoms with Crippen LogP contribution in [0.15, 0.2) is 56.6 Å². The Morgan fingerprint density at radius 3 is 2.84 bits per heavy atom. The Balaban J connectivity index is 1.78. The highest BCUT2D eigenvalue weighted by Crippen LogP contribution is 2.29. The third kappa shape index (κ3) is 2.82. The first-order valence-electron chi connectivity index (χ1n) is 5.65. The molecule has 0 saturated heterocycles. The summed E-state index contributed by atoms with van der Waals surface area (Å²) in [5.41, 5.74) is 2.64. The van der Waals surface area contributed by atoms with E-state index in [0.29, 0.717) is 11.0 Å². The van der Waals surface area contributed by atoms with Gasteiger partial charge >= 0.3 is 0 Å². The van der Waals surface area contributed by atoms with Gasteiger partial charge < -0.3 is 4.42 Å². The Bertz CT molecular complexity index is 695. The number of fused-ring (bicyclic) bond motifs is 1. The molecule has 1 heterocycles. The van der Waals surface area contributed by atoms with Crippen LogP contribution in [0.4, 0.5) is 4.39 Å². The largest absolute Gasteiger partial charge is 0.431 e. The van der Waals surface area contributed by atoms with Crippen LogP contribution in [0, 0.1) is 5.82 Å². The Labute approximate surface area is 122 Å². The lowest BCUT2D eigenvalue weighted by Crippen LogP contribution is -1.84. The summed E-state index contributed by atoms with van der Waals surface area (Å²) >= 11 is 4.84. The molecule has 0 bridgehead atoms. The van der Waals surface area contributed by atoms with E-state index in [4.69, 9.17) is 4.42 Å². The number of halogens is 2. The van der Waals surface area contributed by atoms with Crippen LogP contribution in [0.5, 0.6) is 0 Å². The van der Waals surface area contributed by atoms with Gasteiger partial charge in [-0.1, -0.05) is 45.9 Å². The van der Waals surface area contributed by atoms with Gasteiger partial charge in [0.15, 0.2) is 5.58 Å². The highest BCUT2D eigenvalue weighted by molar-refractivity contribution is 9.10. The van der Waals surface area contributed by atoms with Crippen molar-refractivity contribution in [3.05, 3.63) is 58.3 Å². The van der Waals surface area contributed by atoms with Gasteiger partial charge in [0.25, 0.3) is 5.22 Å². The molecule has 0 aliphatic heterocycles. The zero-order valence-corrected chi connectivity index (χ0v) is 12.2. The number of para-hydroxylation sites is 2. The van der Waals surface area contributed by atoms with Gasteiger partial charge in [-0.05, 0) is 29.8 Å². The average Bonchev–Trinajstić information content (AvgIpc) is 2.80. The van der Waals surface area contributed by atoms with Crippen molar-refractivity contribution in [1.29, 1.82) is 0 Å². The van der Waals surface area contributed by atoms with Crippen molar-refractivity contribution in [3.63, 3.8) is 0 Å². The fraction of sp³-hybridized carbons (Fsp3) is 0.0714. The number of thioether (sulfide) groups is 1. The van der Waals surface area contributed by atoms with Crippen LogP contribution in [-0.4, -0.2) is 4.98 Å². The molecule has 0 fully saturated rings. The van der Waals surface area contributed by atoms with Gasteiger partial charge in [-0.25, -0.2) is 9.37 Å². The summed E-state index contributed by atoms with van der Waals surface area (Å²) in [7, 11) is 0. The Kier molecular flexibility index (Phi) is 3.57. The first kappa shape index (κ1) is 12.7. The molecule has 0 amide bonds. The summed E-state index contributed by atoms with van der Waals surface area (Å²) in [5, 5.41) is 0.623. The van der Waals surface area contributed by atoms with Gasteiger partial charge in [-0.3, -0.25) is 0 Å². The Morgan fingerprint density at radius 1 is 1.21 bits per heavy atom. The minimum Gasteiger partial charge on any atom is -0.431 e. The molecule has 0 atom stereocenters. The minimum atomic E-state index is -0.248. The van der Waals surface area contributed by atoms with Crippen LogP contribution >= 0.6 is 27.7 Å². The standard InChI is InChI=1S/C14H9BrFNOS/c15-11-7-10(16)6-5-9(11)8-19-14-17-12-3-1-2-4-13(12)18-14/h1-7H,8H2. The van der Waals surface area contributed by atoms with E-state index in [-0.39, 0.29) is 5.82 Å². The Morgan fingerprint density at radius 2 is 2.05 bits per heavy atom. The molecule has 0 aliphatic carbocycles. The molecule has 0 N–H and O–H groups in total. The molecule has 0 saturated carbocycles. The maximum Gasteiger partial charge on any atom is 0.257 e. The lowest BCUT2D eigenvalue weighted by molar-refractivity contribution is 0.489. The van der Waals surface area contributed by atoms with Crippen molar-refractivity contribution in [3.8, 4) is 0 Å². The van der Waals surface area contributed by atoms with Crippen LogP contribution in [0.25, 0.3) is 11.1 Å². The predicted octanol–water partition coefficient (Wildman–Crippen LogP) is 5.02. The van der Waals surface area contributed by atoms with Crippen LogP contribution < -0.4 is 0 Å². The van der Waals surface area contributed by atoms with E-state index in [1.165, 1.54) is 23.9 Å². The zero-order valence-electron chi connectivity index (χ0n) is 9.77. The quantitative estimate of drug-likeness (QED) is 0.627. The number of nitrogens with zero attached hydrogens (tertiary/aromatic N) is 1. The van der Waals surface area contributed by atoms with Gasteiger partial charge in [0.2, 0.25) is 0 Å². The summed E-state index contributed by atoms with van der Waals surface area (Å²) in [6.45, 7) is 0. The van der Waals surface area contributed by atoms with Gasteiger partial charge in [0.1, 0.15) is 11.3 Å². The summed E-state index contributed by atoms with van der Waals surface area (Å²) in [6, 6.07) is 12.3. The molecule has 0 aliphatic rings. The van der Waals surface area contributed by atoms with Crippen LogP contribution in [0.3, 0.4) is 0 Å². The van der Waals surface area contributed by atoms with E-state index in [1.807, 2.05) is 24.3 Å². The SMILES string of the molecule is Fc1ccc(CSc2nc3ccccc3o2)c(Br)c1. The second-order valence-corrected chi connectivity index (χ2v) is 5.75. The van der Waals surface area contributed by atoms with E-state index < -0.39 is 0 Å². The summed E-state index contributed by atoms with van der Waals surface area (Å²) in [4.78, 5) is 4.38. The molecule has 0 spiro atoms. The lowest BCUT2D eigenvalue weighted by atomic mass is 10.2. The fourth-order valence-electron chi connectivity index (χ4n) is 1.69. The molecule has 96 valence electrons. The van der Waals surface area contributed by atoms with Crippen LogP contribution in [0.1, 0.15) is 5.56 Å². The van der Waals surface area contributed by atoms with Crippen molar-refractivity contribution in [2.24, 2.45) is 0 Å². The molecule has 1 aromatic heterocycles. The monoisotopic (exact) mass is 337 g/mol. The van der Waals surface area contributed by atoms with Gasteiger partial charge in [0.05, 0.1) is 0 Å². The number of aromatic nitrogens is 1. The van der Waals surface area contributed by atoms with E-state index in [0.717, 1.165) is 21.1 Å². The molecule has 3 aromatic rings. The highest BCUT2D eigenvalue weighted by Gasteiger charge is 2.08. The third-order valence-corrected chi connectivity index (χ3v) is 4.26. The minimum absolute atomic E-state index is 0.248. The highest BCUT2D eigenvalue weighted by atomic mass is 79.9. The first-order chi connectivity index (χ1) is 9.22. The van der Waals surface area contributed by atoms with Crippen molar-refractivity contribution < 1.29 is 8.81 Å². The molecular formula is C14H9BrFNOS. The number of rotatable bonds is 3. The van der Waals surface area contributed by atoms with Crippen LogP contribution in [0.2, 0.25) is 0 Å². The van der Waals surface area contributed by atoms with E-state index in [2.05, 4.69) is 20.9 Å². The Hall–Kier alpha value is -1.33. The molecule has 19 heavy (non-hydrogen) atoms. The fourth-order valence-corrected chi connectivity index (χ4v) is 3.21. The van der Waals surface area contributed by atoms with Crippen molar-refractivity contribution in [2.45, 2.75) is 11.0 Å². The first-order valence-corrected chi connectivity index (χ1v) is 7.42. The second-order valence-electron chi connectivity index (χ2n) is 3.97. The summed E-state index contributed by atoms with van der Waals surface area (Å²) < 4.78 is 19.4. The van der Waals surface area contributed by atoms with Gasteiger partial charge in [-0.2, -0.15) is 0 Å². The third-order valence-electron chi connectivity index (χ3n) is 2.64. The lowest BCUT2D eigenvalue weighted by Gasteiger charge is -2.01. The number of hydrogen-bond acceptors (Lipinski definition) is 3. The molecule has 5 heteroatoms. The summed E-state index contributed by atoms with van der Waals surface area (Å²) in [5.74, 6) is 0.427. The molecular weight excluding hydrogens is 329 g/mol. The predicted molar refractivity (Wildman–Crippen MR) is 77.7 cm³/mol. The van der Waals surface area contributed by atoms with Gasteiger partial charge in [-0.15, -0.1) is 0 Å². The molecule has 2 aromatic carbocycles. The zero-order chi connectivity index (χ0) is 13.2. The number of benzene rings is 2. The second kappa shape index (κ2) is 5.35. The van der Waals surface area contributed by atoms with Gasteiger partial charge in [0, 0.05) is 10.2 Å². The molecule has 0 unspecified atom stereocenters. The van der Waals surface area contributed by atoms with Crippen LogP contribution in [-0.2, 0) is 5.75 Å². The van der Waals surface area contributed by atoms with Crippen molar-refractivity contribution >= 4 is 38.8 Å². The molecule has 2 nitrogen and oxygen atoms in total.